The van der Waals surface area contributed by atoms with E-state index in [4.69, 9.17) is 5.73 Å². The molecule has 0 aliphatic rings. The van der Waals surface area contributed by atoms with E-state index >= 15 is 0 Å². The van der Waals surface area contributed by atoms with Crippen molar-refractivity contribution < 1.29 is 0 Å². The van der Waals surface area contributed by atoms with E-state index in [-0.39, 0.29) is 0 Å². The Morgan fingerprint density at radius 3 is 1.92 bits per heavy atom. The van der Waals surface area contributed by atoms with Crippen LogP contribution in [0.15, 0.2) is 18.2 Å². The van der Waals surface area contributed by atoms with Gasteiger partial charge in [0.2, 0.25) is 0 Å². The highest BCUT2D eigenvalue weighted by Gasteiger charge is 2.09. The fraction of sp³-hybridized carbons (Fsp3) is 0.500. The minimum Gasteiger partial charge on any atom is -0.399 e. The lowest BCUT2D eigenvalue weighted by Gasteiger charge is -2.16. The van der Waals surface area contributed by atoms with Gasteiger partial charge in [0.05, 0.1) is 0 Å². The number of benzene rings is 1. The first-order valence-electron chi connectivity index (χ1n) is 4.91. The molecule has 0 aromatic heterocycles. The first-order chi connectivity index (χ1) is 6.02. The topological polar surface area (TPSA) is 26.0 Å². The molecule has 0 heterocycles. The average molecular weight is 177 g/mol. The van der Waals surface area contributed by atoms with Crippen LogP contribution in [0.1, 0.15) is 50.7 Å². The molecular weight excluding hydrogens is 158 g/mol. The van der Waals surface area contributed by atoms with Crippen LogP contribution in [-0.2, 0) is 0 Å². The third-order valence-electron chi connectivity index (χ3n) is 2.35. The van der Waals surface area contributed by atoms with Crippen molar-refractivity contribution >= 4 is 5.69 Å². The molecule has 0 aliphatic heterocycles. The number of anilines is 1. The van der Waals surface area contributed by atoms with E-state index < -0.39 is 0 Å². The highest BCUT2D eigenvalue weighted by Crippen LogP contribution is 2.27. The number of rotatable bonds is 2. The second kappa shape index (κ2) is 3.82. The summed E-state index contributed by atoms with van der Waals surface area (Å²) in [5.41, 5.74) is 9.44. The number of nitrogen functional groups attached to an aromatic ring is 1. The van der Waals surface area contributed by atoms with Gasteiger partial charge >= 0.3 is 0 Å². The molecule has 0 spiro atoms. The Morgan fingerprint density at radius 2 is 1.46 bits per heavy atom. The van der Waals surface area contributed by atoms with Crippen molar-refractivity contribution in [2.45, 2.75) is 39.5 Å². The second-order valence-corrected chi connectivity index (χ2v) is 4.20. The molecule has 0 radical (unpaired) electrons. The lowest BCUT2D eigenvalue weighted by Crippen LogP contribution is -1.99. The summed E-state index contributed by atoms with van der Waals surface area (Å²) in [7, 11) is 0. The van der Waals surface area contributed by atoms with Crippen LogP contribution >= 0.6 is 0 Å². The van der Waals surface area contributed by atoms with Gasteiger partial charge in [-0.1, -0.05) is 33.8 Å². The van der Waals surface area contributed by atoms with Crippen LogP contribution in [-0.4, -0.2) is 0 Å². The number of nitrogens with two attached hydrogens (primary N) is 1. The Morgan fingerprint density at radius 1 is 0.923 bits per heavy atom. The highest BCUT2D eigenvalue weighted by atomic mass is 14.5. The maximum absolute atomic E-state index is 5.77. The normalized spacial score (nSPS) is 11.2. The van der Waals surface area contributed by atoms with Gasteiger partial charge in [0.1, 0.15) is 0 Å². The van der Waals surface area contributed by atoms with Crippen molar-refractivity contribution in [3.63, 3.8) is 0 Å². The third-order valence-corrected chi connectivity index (χ3v) is 2.35. The summed E-state index contributed by atoms with van der Waals surface area (Å²) in [5, 5.41) is 0. The maximum Gasteiger partial charge on any atom is 0.0317 e. The molecule has 0 atom stereocenters. The van der Waals surface area contributed by atoms with Gasteiger partial charge in [-0.25, -0.2) is 0 Å². The van der Waals surface area contributed by atoms with E-state index in [0.29, 0.717) is 11.8 Å². The van der Waals surface area contributed by atoms with Crippen molar-refractivity contribution in [2.24, 2.45) is 0 Å². The Bertz CT molecular complexity index is 287. The summed E-state index contributed by atoms with van der Waals surface area (Å²) in [5.74, 6) is 1.14. The minimum absolute atomic E-state index is 0.556. The van der Waals surface area contributed by atoms with E-state index in [2.05, 4.69) is 39.8 Å². The SMILES string of the molecule is CC(C)c1ccc(N)cc1C(C)C. The van der Waals surface area contributed by atoms with Gasteiger partial charge in [-0.15, -0.1) is 0 Å². The van der Waals surface area contributed by atoms with Crippen LogP contribution < -0.4 is 5.73 Å². The third kappa shape index (κ3) is 2.24. The Kier molecular flexibility index (Phi) is 2.97. The largest absolute Gasteiger partial charge is 0.399 e. The molecule has 13 heavy (non-hydrogen) atoms. The van der Waals surface area contributed by atoms with Crippen LogP contribution in [0.2, 0.25) is 0 Å². The molecule has 1 nitrogen and oxygen atoms in total. The number of hydrogen-bond donors (Lipinski definition) is 1. The van der Waals surface area contributed by atoms with Gasteiger partial charge < -0.3 is 5.73 Å². The van der Waals surface area contributed by atoms with E-state index in [1.54, 1.807) is 0 Å². The summed E-state index contributed by atoms with van der Waals surface area (Å²) in [6.45, 7) is 8.86. The molecule has 1 rings (SSSR count). The van der Waals surface area contributed by atoms with Gasteiger partial charge in [-0.2, -0.15) is 0 Å². The Labute approximate surface area is 81.0 Å². The van der Waals surface area contributed by atoms with Gasteiger partial charge in [-0.3, -0.25) is 0 Å². The smallest absolute Gasteiger partial charge is 0.0317 e. The van der Waals surface area contributed by atoms with Crippen LogP contribution in [0.3, 0.4) is 0 Å². The van der Waals surface area contributed by atoms with E-state index in [9.17, 15) is 0 Å². The van der Waals surface area contributed by atoms with Gasteiger partial charge in [-0.05, 0) is 35.1 Å². The molecule has 1 aromatic carbocycles. The van der Waals surface area contributed by atoms with Gasteiger partial charge in [0, 0.05) is 5.69 Å². The van der Waals surface area contributed by atoms with Crippen LogP contribution in [0, 0.1) is 0 Å². The lowest BCUT2D eigenvalue weighted by atomic mass is 9.90. The Balaban J connectivity index is 3.19. The molecule has 0 unspecified atom stereocenters. The van der Waals surface area contributed by atoms with Crippen LogP contribution in [0.5, 0.6) is 0 Å². The fourth-order valence-corrected chi connectivity index (χ4v) is 1.62. The molecule has 2 N–H and O–H groups in total. The molecule has 1 heteroatoms. The molecule has 0 aliphatic carbocycles. The van der Waals surface area contributed by atoms with Crippen molar-refractivity contribution in [2.75, 3.05) is 5.73 Å². The highest BCUT2D eigenvalue weighted by molar-refractivity contribution is 5.46. The maximum atomic E-state index is 5.77. The molecule has 0 bridgehead atoms. The molecule has 0 saturated carbocycles. The quantitative estimate of drug-likeness (QED) is 0.687. The van der Waals surface area contributed by atoms with Gasteiger partial charge in [0.15, 0.2) is 0 Å². The lowest BCUT2D eigenvalue weighted by molar-refractivity contribution is 0.791. The summed E-state index contributed by atoms with van der Waals surface area (Å²) in [6.07, 6.45) is 0. The van der Waals surface area contributed by atoms with Crippen LogP contribution in [0.4, 0.5) is 5.69 Å². The number of hydrogen-bond acceptors (Lipinski definition) is 1. The van der Waals surface area contributed by atoms with E-state index in [1.165, 1.54) is 11.1 Å². The zero-order chi connectivity index (χ0) is 10.0. The summed E-state index contributed by atoms with van der Waals surface area (Å²) < 4.78 is 0. The predicted octanol–water partition coefficient (Wildman–Crippen LogP) is 3.52. The minimum atomic E-state index is 0.556. The first-order valence-corrected chi connectivity index (χ1v) is 4.91. The summed E-state index contributed by atoms with van der Waals surface area (Å²) in [6, 6.07) is 6.23. The summed E-state index contributed by atoms with van der Waals surface area (Å²) in [4.78, 5) is 0. The predicted molar refractivity (Wildman–Crippen MR) is 59.0 cm³/mol. The van der Waals surface area contributed by atoms with E-state index in [0.717, 1.165) is 5.69 Å². The van der Waals surface area contributed by atoms with Crippen molar-refractivity contribution in [1.29, 1.82) is 0 Å². The molecule has 0 amide bonds. The molecular formula is C12H19N. The van der Waals surface area contributed by atoms with Crippen molar-refractivity contribution in [3.05, 3.63) is 29.3 Å². The zero-order valence-corrected chi connectivity index (χ0v) is 8.96. The van der Waals surface area contributed by atoms with Crippen molar-refractivity contribution in [3.8, 4) is 0 Å². The fourth-order valence-electron chi connectivity index (χ4n) is 1.62. The van der Waals surface area contributed by atoms with Crippen molar-refractivity contribution in [1.82, 2.24) is 0 Å². The first kappa shape index (κ1) is 10.1. The zero-order valence-electron chi connectivity index (χ0n) is 8.96. The average Bonchev–Trinajstić information content (AvgIpc) is 2.03. The Hall–Kier alpha value is -0.980. The molecule has 0 saturated heterocycles. The van der Waals surface area contributed by atoms with E-state index in [1.807, 2.05) is 6.07 Å². The van der Waals surface area contributed by atoms with Gasteiger partial charge in [0.25, 0.3) is 0 Å². The second-order valence-electron chi connectivity index (χ2n) is 4.20. The molecule has 0 fully saturated rings. The molecule has 72 valence electrons. The molecule has 1 aromatic rings. The van der Waals surface area contributed by atoms with Crippen LogP contribution in [0.25, 0.3) is 0 Å². The standard InChI is InChI=1S/C12H19N/c1-8(2)11-6-5-10(13)7-12(11)9(3)4/h5-9H,13H2,1-4H3. The summed E-state index contributed by atoms with van der Waals surface area (Å²) >= 11 is 0. The monoisotopic (exact) mass is 177 g/mol.